The van der Waals surface area contributed by atoms with Crippen LogP contribution in [0.2, 0.25) is 0 Å². The zero-order chi connectivity index (χ0) is 10.4. The van der Waals surface area contributed by atoms with Gasteiger partial charge in [-0.1, -0.05) is 44.9 Å². The van der Waals surface area contributed by atoms with Gasteiger partial charge in [-0.3, -0.25) is 0 Å². The van der Waals surface area contributed by atoms with E-state index in [0.717, 1.165) is 24.4 Å². The molecule has 0 aliphatic rings. The fourth-order valence-electron chi connectivity index (χ4n) is 1.79. The summed E-state index contributed by atoms with van der Waals surface area (Å²) in [5.41, 5.74) is 2.81. The molecule has 0 saturated carbocycles. The molecule has 76 valence electrons. The predicted molar refractivity (Wildman–Crippen MR) is 62.0 cm³/mol. The molecule has 2 radical (unpaired) electrons. The summed E-state index contributed by atoms with van der Waals surface area (Å²) in [6.07, 6.45) is 4.56. The van der Waals surface area contributed by atoms with Crippen LogP contribution in [-0.4, -0.2) is 14.6 Å². The molecule has 14 heavy (non-hydrogen) atoms. The summed E-state index contributed by atoms with van der Waals surface area (Å²) < 4.78 is 0. The third kappa shape index (κ3) is 2.69. The van der Waals surface area contributed by atoms with Crippen molar-refractivity contribution in [2.75, 3.05) is 0 Å². The Morgan fingerprint density at radius 2 is 1.86 bits per heavy atom. The molecule has 0 saturated heterocycles. The zero-order valence-corrected chi connectivity index (χ0v) is 10.0. The quantitative estimate of drug-likeness (QED) is 0.729. The molecule has 0 unspecified atom stereocenters. The van der Waals surface area contributed by atoms with Crippen LogP contribution >= 0.6 is 0 Å². The van der Waals surface area contributed by atoms with Crippen molar-refractivity contribution in [2.45, 2.75) is 39.5 Å². The Morgan fingerprint density at radius 3 is 2.43 bits per heavy atom. The molecule has 1 N–H and O–H groups in total. The SMILES string of the molecule is CCCc1cccc([Si]O)c1CCC. The van der Waals surface area contributed by atoms with Gasteiger partial charge in [0.1, 0.15) is 0 Å². The Bertz CT molecular complexity index is 284. The Labute approximate surface area is 89.1 Å². The van der Waals surface area contributed by atoms with Crippen LogP contribution in [0.4, 0.5) is 0 Å². The molecule has 1 rings (SSSR count). The lowest BCUT2D eigenvalue weighted by Gasteiger charge is -2.11. The normalized spacial score (nSPS) is 10.5. The van der Waals surface area contributed by atoms with E-state index in [1.54, 1.807) is 0 Å². The van der Waals surface area contributed by atoms with Gasteiger partial charge in [0.05, 0.1) is 0 Å². The molecule has 0 heterocycles. The Balaban J connectivity index is 3.00. The maximum absolute atomic E-state index is 9.27. The van der Waals surface area contributed by atoms with Crippen LogP contribution in [0.15, 0.2) is 18.2 Å². The van der Waals surface area contributed by atoms with E-state index in [4.69, 9.17) is 0 Å². The third-order valence-electron chi connectivity index (χ3n) is 2.41. The van der Waals surface area contributed by atoms with E-state index in [9.17, 15) is 4.80 Å². The van der Waals surface area contributed by atoms with Crippen molar-refractivity contribution in [3.8, 4) is 0 Å². The van der Waals surface area contributed by atoms with Gasteiger partial charge in [0.15, 0.2) is 0 Å². The summed E-state index contributed by atoms with van der Waals surface area (Å²) in [4.78, 5) is 9.27. The molecule has 1 aromatic carbocycles. The lowest BCUT2D eigenvalue weighted by atomic mass is 10.00. The van der Waals surface area contributed by atoms with Gasteiger partial charge in [-0.2, -0.15) is 0 Å². The minimum atomic E-state index is -0.0605. The largest absolute Gasteiger partial charge is 0.428 e. The summed E-state index contributed by atoms with van der Waals surface area (Å²) in [6.45, 7) is 4.39. The first-order chi connectivity index (χ1) is 6.83. The highest BCUT2D eigenvalue weighted by Gasteiger charge is 2.06. The van der Waals surface area contributed by atoms with E-state index in [1.165, 1.54) is 17.5 Å². The first-order valence-corrected chi connectivity index (χ1v) is 6.29. The van der Waals surface area contributed by atoms with E-state index >= 15 is 0 Å². The van der Waals surface area contributed by atoms with E-state index in [2.05, 4.69) is 26.0 Å². The van der Waals surface area contributed by atoms with Crippen molar-refractivity contribution in [1.29, 1.82) is 0 Å². The molecule has 1 nitrogen and oxygen atoms in total. The summed E-state index contributed by atoms with van der Waals surface area (Å²) >= 11 is 0. The van der Waals surface area contributed by atoms with E-state index in [0.29, 0.717) is 0 Å². The maximum atomic E-state index is 9.27. The van der Waals surface area contributed by atoms with Crippen molar-refractivity contribution >= 4 is 14.9 Å². The van der Waals surface area contributed by atoms with Crippen molar-refractivity contribution in [3.05, 3.63) is 29.3 Å². The average Bonchev–Trinajstić information content (AvgIpc) is 2.21. The highest BCUT2D eigenvalue weighted by Crippen LogP contribution is 2.11. The van der Waals surface area contributed by atoms with Crippen LogP contribution in [0.5, 0.6) is 0 Å². The van der Waals surface area contributed by atoms with Crippen molar-refractivity contribution < 1.29 is 4.80 Å². The highest BCUT2D eigenvalue weighted by molar-refractivity contribution is 6.46. The van der Waals surface area contributed by atoms with E-state index < -0.39 is 0 Å². The first kappa shape index (κ1) is 11.5. The van der Waals surface area contributed by atoms with Gasteiger partial charge < -0.3 is 4.80 Å². The number of aryl methyl sites for hydroxylation is 1. The topological polar surface area (TPSA) is 20.2 Å². The molecular weight excluding hydrogens is 188 g/mol. The third-order valence-corrected chi connectivity index (χ3v) is 3.12. The van der Waals surface area contributed by atoms with Crippen molar-refractivity contribution in [1.82, 2.24) is 0 Å². The molecule has 0 amide bonds. The standard InChI is InChI=1S/C12H18OSi/c1-3-6-10-8-5-9-12(14-13)11(10)7-4-2/h5,8-9,13H,3-4,6-7H2,1-2H3. The van der Waals surface area contributed by atoms with Gasteiger partial charge in [-0.15, -0.1) is 0 Å². The van der Waals surface area contributed by atoms with Crippen LogP contribution in [0.25, 0.3) is 0 Å². The van der Waals surface area contributed by atoms with Crippen LogP contribution in [0.3, 0.4) is 0 Å². The maximum Gasteiger partial charge on any atom is 0.265 e. The van der Waals surface area contributed by atoms with Gasteiger partial charge >= 0.3 is 0 Å². The van der Waals surface area contributed by atoms with E-state index in [1.807, 2.05) is 6.07 Å². The molecule has 0 fully saturated rings. The molecule has 1 aromatic rings. The Morgan fingerprint density at radius 1 is 1.14 bits per heavy atom. The van der Waals surface area contributed by atoms with Gasteiger partial charge in [-0.25, -0.2) is 0 Å². The second-order valence-corrected chi connectivity index (χ2v) is 4.32. The van der Waals surface area contributed by atoms with Gasteiger partial charge in [0.25, 0.3) is 9.76 Å². The van der Waals surface area contributed by atoms with Gasteiger partial charge in [-0.05, 0) is 29.2 Å². The van der Waals surface area contributed by atoms with Crippen LogP contribution in [0, 0.1) is 0 Å². The molecule has 0 aliphatic carbocycles. The molecule has 0 atom stereocenters. The average molecular weight is 206 g/mol. The minimum Gasteiger partial charge on any atom is -0.428 e. The Hall–Kier alpha value is -0.603. The minimum absolute atomic E-state index is 0.0605. The summed E-state index contributed by atoms with van der Waals surface area (Å²) in [6, 6.07) is 6.30. The van der Waals surface area contributed by atoms with Crippen LogP contribution in [-0.2, 0) is 12.8 Å². The van der Waals surface area contributed by atoms with E-state index in [-0.39, 0.29) is 9.76 Å². The van der Waals surface area contributed by atoms with Gasteiger partial charge in [0.2, 0.25) is 0 Å². The molecule has 0 spiro atoms. The monoisotopic (exact) mass is 206 g/mol. The first-order valence-electron chi connectivity index (χ1n) is 5.34. The molecule has 2 heteroatoms. The number of rotatable bonds is 5. The summed E-state index contributed by atoms with van der Waals surface area (Å²) in [7, 11) is -0.0605. The molecule has 0 bridgehead atoms. The van der Waals surface area contributed by atoms with Crippen molar-refractivity contribution in [3.63, 3.8) is 0 Å². The van der Waals surface area contributed by atoms with Crippen LogP contribution in [0.1, 0.15) is 37.8 Å². The summed E-state index contributed by atoms with van der Waals surface area (Å²) in [5.74, 6) is 0. The van der Waals surface area contributed by atoms with Crippen LogP contribution < -0.4 is 5.19 Å². The zero-order valence-electron chi connectivity index (χ0n) is 9.01. The van der Waals surface area contributed by atoms with Gasteiger partial charge in [0, 0.05) is 0 Å². The predicted octanol–water partition coefficient (Wildman–Crippen LogP) is 1.83. The van der Waals surface area contributed by atoms with Crippen molar-refractivity contribution in [2.24, 2.45) is 0 Å². The number of hydrogen-bond donors (Lipinski definition) is 1. The Kier molecular flexibility index (Phi) is 4.91. The second kappa shape index (κ2) is 5.99. The lowest BCUT2D eigenvalue weighted by molar-refractivity contribution is 0.614. The number of benzene rings is 1. The molecular formula is C12H18OSi. The number of hydrogen-bond acceptors (Lipinski definition) is 1. The highest BCUT2D eigenvalue weighted by atomic mass is 28.2. The fourth-order valence-corrected chi connectivity index (χ4v) is 2.38. The lowest BCUT2D eigenvalue weighted by Crippen LogP contribution is -2.20. The molecule has 0 aliphatic heterocycles. The summed E-state index contributed by atoms with van der Waals surface area (Å²) in [5, 5.41) is 1.14. The smallest absolute Gasteiger partial charge is 0.265 e. The fraction of sp³-hybridized carbons (Fsp3) is 0.500. The molecule has 0 aromatic heterocycles. The second-order valence-electron chi connectivity index (χ2n) is 3.56.